The molecule has 2 aromatic carbocycles. The Hall–Kier alpha value is -3.06. The van der Waals surface area contributed by atoms with E-state index in [0.29, 0.717) is 37.3 Å². The summed E-state index contributed by atoms with van der Waals surface area (Å²) in [5.41, 5.74) is 1.69. The quantitative estimate of drug-likeness (QED) is 0.531. The fourth-order valence-electron chi connectivity index (χ4n) is 4.56. The highest BCUT2D eigenvalue weighted by Crippen LogP contribution is 2.48. The van der Waals surface area contributed by atoms with Crippen molar-refractivity contribution in [3.05, 3.63) is 65.4 Å². The summed E-state index contributed by atoms with van der Waals surface area (Å²) in [6, 6.07) is 11.6. The monoisotopic (exact) mass is 480 g/mol. The number of carbonyl (C=O) groups is 1. The maximum Gasteiger partial charge on any atom is 0.256 e. The number of hydrogen-bond acceptors (Lipinski definition) is 5. The molecule has 3 aromatic rings. The molecule has 2 aliphatic rings. The van der Waals surface area contributed by atoms with E-state index in [4.69, 9.17) is 0 Å². The molecule has 0 N–H and O–H groups in total. The molecule has 1 atom stereocenters. The lowest BCUT2D eigenvalue weighted by Gasteiger charge is -2.33. The second kappa shape index (κ2) is 8.62. The fraction of sp³-hybridized carbons (Fsp3) is 0.320. The third kappa shape index (κ3) is 3.92. The van der Waals surface area contributed by atoms with Crippen LogP contribution in [0, 0.1) is 23.0 Å². The van der Waals surface area contributed by atoms with Crippen LogP contribution in [-0.4, -0.2) is 57.1 Å². The van der Waals surface area contributed by atoms with E-state index in [0.717, 1.165) is 24.5 Å². The zero-order valence-corrected chi connectivity index (χ0v) is 19.4. The van der Waals surface area contributed by atoms with Gasteiger partial charge >= 0.3 is 0 Å². The van der Waals surface area contributed by atoms with Crippen LogP contribution >= 0.6 is 0 Å². The van der Waals surface area contributed by atoms with Gasteiger partial charge in [0, 0.05) is 47.7 Å². The average molecular weight is 481 g/mol. The van der Waals surface area contributed by atoms with Crippen molar-refractivity contribution in [2.45, 2.75) is 18.3 Å². The standard InChI is InChI=1S/C25H22F2N4O2S/c1-34(33)31-10-8-30(9-11-31)24(32)20-14-29-23-19(12-18(26)13-21(23)27)22(20)16-2-4-17(5-3-16)25(15-28)6-7-25/h2-5,12-14H,6-11H2,1H3. The molecule has 1 saturated carbocycles. The van der Waals surface area contributed by atoms with Crippen molar-refractivity contribution in [3.63, 3.8) is 0 Å². The van der Waals surface area contributed by atoms with Gasteiger partial charge in [-0.15, -0.1) is 4.31 Å². The molecule has 34 heavy (non-hydrogen) atoms. The maximum absolute atomic E-state index is 14.6. The topological polar surface area (TPSA) is 83.3 Å². The first-order valence-corrected chi connectivity index (χ1v) is 12.5. The van der Waals surface area contributed by atoms with E-state index in [9.17, 15) is 23.4 Å². The molecule has 1 aromatic heterocycles. The van der Waals surface area contributed by atoms with Gasteiger partial charge in [-0.1, -0.05) is 24.3 Å². The van der Waals surface area contributed by atoms with Crippen LogP contribution < -0.4 is 0 Å². The van der Waals surface area contributed by atoms with Gasteiger partial charge in [0.15, 0.2) is 5.82 Å². The van der Waals surface area contributed by atoms with Gasteiger partial charge in [0.25, 0.3) is 5.91 Å². The average Bonchev–Trinajstić information content (AvgIpc) is 3.64. The van der Waals surface area contributed by atoms with Crippen LogP contribution in [0.5, 0.6) is 0 Å². The molecule has 2 fully saturated rings. The molecular weight excluding hydrogens is 458 g/mol. The summed E-state index contributed by atoms with van der Waals surface area (Å²) in [5.74, 6) is -1.85. The van der Waals surface area contributed by atoms with Crippen molar-refractivity contribution in [1.29, 1.82) is 5.26 Å². The van der Waals surface area contributed by atoms with Crippen LogP contribution in [0.15, 0.2) is 42.6 Å². The molecule has 1 aliphatic carbocycles. The lowest BCUT2D eigenvalue weighted by molar-refractivity contribution is 0.0699. The number of halogens is 2. The zero-order valence-electron chi connectivity index (χ0n) is 18.6. The highest BCUT2D eigenvalue weighted by Gasteiger charge is 2.44. The van der Waals surface area contributed by atoms with E-state index in [1.54, 1.807) is 27.6 Å². The van der Waals surface area contributed by atoms with Crippen molar-refractivity contribution >= 4 is 28.2 Å². The Morgan fingerprint density at radius 1 is 1.15 bits per heavy atom. The minimum atomic E-state index is -1.11. The molecule has 9 heteroatoms. The molecule has 0 radical (unpaired) electrons. The third-order valence-corrected chi connectivity index (χ3v) is 7.79. The first-order valence-electron chi connectivity index (χ1n) is 11.0. The summed E-state index contributed by atoms with van der Waals surface area (Å²) >= 11 is -1.11. The summed E-state index contributed by atoms with van der Waals surface area (Å²) in [6.07, 6.45) is 4.55. The molecule has 1 saturated heterocycles. The van der Waals surface area contributed by atoms with Crippen LogP contribution in [0.4, 0.5) is 8.78 Å². The molecule has 1 unspecified atom stereocenters. The SMILES string of the molecule is C[S+]([O-])N1CCN(C(=O)c2cnc3c(F)cc(F)cc3c2-c2ccc(C3(C#N)CC3)cc2)CC1. The van der Waals surface area contributed by atoms with Gasteiger partial charge in [-0.3, -0.25) is 9.78 Å². The number of hydrogen-bond donors (Lipinski definition) is 0. The Labute approximate surface area is 199 Å². The van der Waals surface area contributed by atoms with Crippen LogP contribution in [-0.2, 0) is 16.8 Å². The van der Waals surface area contributed by atoms with Crippen molar-refractivity contribution in [3.8, 4) is 17.2 Å². The van der Waals surface area contributed by atoms with E-state index < -0.39 is 28.4 Å². The van der Waals surface area contributed by atoms with E-state index in [1.807, 2.05) is 12.1 Å². The van der Waals surface area contributed by atoms with Gasteiger partial charge in [-0.2, -0.15) is 5.26 Å². The van der Waals surface area contributed by atoms with Crippen molar-refractivity contribution in [2.75, 3.05) is 32.4 Å². The largest absolute Gasteiger partial charge is 0.598 e. The lowest BCUT2D eigenvalue weighted by Crippen LogP contribution is -2.50. The lowest BCUT2D eigenvalue weighted by atomic mass is 9.91. The molecule has 0 bridgehead atoms. The highest BCUT2D eigenvalue weighted by molar-refractivity contribution is 7.88. The number of nitrogens with zero attached hydrogens (tertiary/aromatic N) is 4. The van der Waals surface area contributed by atoms with E-state index >= 15 is 0 Å². The van der Waals surface area contributed by atoms with Gasteiger partial charge in [-0.25, -0.2) is 8.78 Å². The minimum absolute atomic E-state index is 0.0149. The summed E-state index contributed by atoms with van der Waals surface area (Å²) in [5, 5.41) is 9.71. The smallest absolute Gasteiger partial charge is 0.256 e. The first kappa shape index (κ1) is 22.7. The van der Waals surface area contributed by atoms with Gasteiger partial charge in [0.2, 0.25) is 0 Å². The van der Waals surface area contributed by atoms with Crippen LogP contribution in [0.25, 0.3) is 22.0 Å². The predicted octanol–water partition coefficient (Wildman–Crippen LogP) is 3.79. The summed E-state index contributed by atoms with van der Waals surface area (Å²) < 4.78 is 42.3. The molecule has 0 spiro atoms. The van der Waals surface area contributed by atoms with Crippen LogP contribution in [0.2, 0.25) is 0 Å². The Morgan fingerprint density at radius 2 is 1.82 bits per heavy atom. The Kier molecular flexibility index (Phi) is 5.76. The highest BCUT2D eigenvalue weighted by atomic mass is 32.2. The molecule has 2 heterocycles. The number of benzene rings is 2. The third-order valence-electron chi connectivity index (χ3n) is 6.70. The Balaban J connectivity index is 1.60. The number of amides is 1. The van der Waals surface area contributed by atoms with E-state index in [2.05, 4.69) is 11.1 Å². The second-order valence-corrected chi connectivity index (χ2v) is 10.1. The molecule has 1 aliphatic heterocycles. The number of aromatic nitrogens is 1. The summed E-state index contributed by atoms with van der Waals surface area (Å²) in [4.78, 5) is 19.3. The first-order chi connectivity index (χ1) is 16.3. The van der Waals surface area contributed by atoms with Crippen LogP contribution in [0.1, 0.15) is 28.8 Å². The number of rotatable bonds is 4. The molecular formula is C25H22F2N4O2S. The van der Waals surface area contributed by atoms with E-state index in [-0.39, 0.29) is 22.4 Å². The zero-order chi connectivity index (χ0) is 24.0. The van der Waals surface area contributed by atoms with Gasteiger partial charge in [0.1, 0.15) is 17.6 Å². The number of nitriles is 1. The van der Waals surface area contributed by atoms with Crippen molar-refractivity contribution < 1.29 is 18.1 Å². The van der Waals surface area contributed by atoms with Crippen molar-refractivity contribution in [1.82, 2.24) is 14.2 Å². The normalized spacial score (nSPS) is 18.5. The van der Waals surface area contributed by atoms with Gasteiger partial charge in [-0.05, 0) is 30.0 Å². The van der Waals surface area contributed by atoms with Crippen molar-refractivity contribution in [2.24, 2.45) is 0 Å². The Bertz CT molecular complexity index is 1310. The fourth-order valence-corrected chi connectivity index (χ4v) is 5.24. The van der Waals surface area contributed by atoms with Crippen LogP contribution in [0.3, 0.4) is 0 Å². The molecule has 174 valence electrons. The number of pyridine rings is 1. The number of piperazine rings is 1. The minimum Gasteiger partial charge on any atom is -0.598 e. The van der Waals surface area contributed by atoms with E-state index in [1.165, 1.54) is 12.3 Å². The van der Waals surface area contributed by atoms with Gasteiger partial charge < -0.3 is 9.45 Å². The molecule has 6 nitrogen and oxygen atoms in total. The van der Waals surface area contributed by atoms with Gasteiger partial charge in [0.05, 0.1) is 30.1 Å². The number of fused-ring (bicyclic) bond motifs is 1. The predicted molar refractivity (Wildman–Crippen MR) is 125 cm³/mol. The molecule has 5 rings (SSSR count). The Morgan fingerprint density at radius 3 is 2.41 bits per heavy atom. The molecule has 1 amide bonds. The summed E-state index contributed by atoms with van der Waals surface area (Å²) in [6.45, 7) is 1.72. The maximum atomic E-state index is 14.6. The second-order valence-electron chi connectivity index (χ2n) is 8.75. The summed E-state index contributed by atoms with van der Waals surface area (Å²) in [7, 11) is 0. The number of carbonyl (C=O) groups excluding carboxylic acids is 1.